The van der Waals surface area contributed by atoms with Crippen molar-refractivity contribution >= 4 is 11.6 Å². The minimum absolute atomic E-state index is 0.0190. The molecule has 84 valence electrons. The van der Waals surface area contributed by atoms with Gasteiger partial charge in [-0.2, -0.15) is 0 Å². The van der Waals surface area contributed by atoms with Gasteiger partial charge < -0.3 is 9.84 Å². The minimum Gasteiger partial charge on any atom is -0.493 e. The summed E-state index contributed by atoms with van der Waals surface area (Å²) in [4.78, 5) is 0. The van der Waals surface area contributed by atoms with Crippen LogP contribution in [-0.2, 0) is 6.61 Å². The van der Waals surface area contributed by atoms with Gasteiger partial charge in [0, 0.05) is 11.4 Å². The van der Waals surface area contributed by atoms with E-state index < -0.39 is 0 Å². The van der Waals surface area contributed by atoms with Crippen LogP contribution in [0.5, 0.6) is 5.75 Å². The Labute approximate surface area is 95.8 Å². The molecule has 1 aromatic rings. The van der Waals surface area contributed by atoms with Crippen LogP contribution in [0.3, 0.4) is 0 Å². The van der Waals surface area contributed by atoms with Crippen molar-refractivity contribution in [2.75, 3.05) is 12.5 Å². The van der Waals surface area contributed by atoms with Crippen molar-refractivity contribution in [2.45, 2.75) is 26.4 Å². The molecule has 0 saturated carbocycles. The maximum atomic E-state index is 9.11. The summed E-state index contributed by atoms with van der Waals surface area (Å²) in [6.07, 6.45) is 1.91. The van der Waals surface area contributed by atoms with Gasteiger partial charge in [-0.15, -0.1) is 11.6 Å². The number of unbranched alkanes of at least 4 members (excludes halogenated alkanes) is 1. The molecule has 0 aliphatic carbocycles. The summed E-state index contributed by atoms with van der Waals surface area (Å²) < 4.78 is 5.59. The summed E-state index contributed by atoms with van der Waals surface area (Å²) in [5, 5.41) is 9.11. The molecule has 0 aliphatic rings. The van der Waals surface area contributed by atoms with Gasteiger partial charge in [-0.25, -0.2) is 0 Å². The molecule has 0 atom stereocenters. The Hall–Kier alpha value is -0.730. The lowest BCUT2D eigenvalue weighted by atomic mass is 10.1. The number of aliphatic hydroxyl groups excluding tert-OH is 1. The van der Waals surface area contributed by atoms with Gasteiger partial charge in [-0.1, -0.05) is 12.1 Å². The van der Waals surface area contributed by atoms with E-state index in [-0.39, 0.29) is 6.61 Å². The maximum Gasteiger partial charge on any atom is 0.125 e. The Morgan fingerprint density at radius 2 is 2.13 bits per heavy atom. The normalized spacial score (nSPS) is 10.3. The Morgan fingerprint density at radius 1 is 1.33 bits per heavy atom. The number of rotatable bonds is 6. The van der Waals surface area contributed by atoms with Crippen molar-refractivity contribution < 1.29 is 9.84 Å². The first-order valence-corrected chi connectivity index (χ1v) is 5.70. The quantitative estimate of drug-likeness (QED) is 0.599. The first kappa shape index (κ1) is 12.3. The van der Waals surface area contributed by atoms with Crippen LogP contribution in [0.15, 0.2) is 18.2 Å². The van der Waals surface area contributed by atoms with Gasteiger partial charge in [0.05, 0.1) is 13.2 Å². The predicted molar refractivity (Wildman–Crippen MR) is 62.6 cm³/mol. The lowest BCUT2D eigenvalue weighted by Gasteiger charge is -2.10. The molecular weight excluding hydrogens is 212 g/mol. The number of hydrogen-bond acceptors (Lipinski definition) is 2. The van der Waals surface area contributed by atoms with E-state index in [0.29, 0.717) is 12.5 Å². The van der Waals surface area contributed by atoms with E-state index in [1.54, 1.807) is 0 Å². The SMILES string of the molecule is Cc1ccc(CO)c(OCCCCCl)c1. The molecule has 0 fully saturated rings. The summed E-state index contributed by atoms with van der Waals surface area (Å²) in [6, 6.07) is 5.82. The second-order valence-corrected chi connectivity index (χ2v) is 3.89. The van der Waals surface area contributed by atoms with E-state index in [2.05, 4.69) is 0 Å². The van der Waals surface area contributed by atoms with Gasteiger partial charge in [0.15, 0.2) is 0 Å². The Balaban J connectivity index is 2.54. The molecule has 0 saturated heterocycles. The molecule has 2 nitrogen and oxygen atoms in total. The van der Waals surface area contributed by atoms with Gasteiger partial charge in [-0.05, 0) is 31.4 Å². The lowest BCUT2D eigenvalue weighted by molar-refractivity contribution is 0.261. The fourth-order valence-corrected chi connectivity index (χ4v) is 1.49. The van der Waals surface area contributed by atoms with Gasteiger partial charge in [-0.3, -0.25) is 0 Å². The average molecular weight is 229 g/mol. The zero-order chi connectivity index (χ0) is 11.1. The standard InChI is InChI=1S/C12H17ClO2/c1-10-4-5-11(9-14)12(8-10)15-7-3-2-6-13/h4-5,8,14H,2-3,6-7,9H2,1H3. The van der Waals surface area contributed by atoms with Gasteiger partial charge in [0.2, 0.25) is 0 Å². The summed E-state index contributed by atoms with van der Waals surface area (Å²) >= 11 is 5.57. The van der Waals surface area contributed by atoms with Crippen LogP contribution in [0, 0.1) is 6.92 Å². The third-order valence-corrected chi connectivity index (χ3v) is 2.45. The number of halogens is 1. The van der Waals surface area contributed by atoms with Crippen LogP contribution in [0.1, 0.15) is 24.0 Å². The molecule has 0 unspecified atom stereocenters. The van der Waals surface area contributed by atoms with Crippen molar-refractivity contribution in [1.29, 1.82) is 0 Å². The highest BCUT2D eigenvalue weighted by molar-refractivity contribution is 6.17. The molecule has 1 aromatic carbocycles. The van der Waals surface area contributed by atoms with Crippen LogP contribution < -0.4 is 4.74 Å². The fourth-order valence-electron chi connectivity index (χ4n) is 1.31. The summed E-state index contributed by atoms with van der Waals surface area (Å²) in [5.74, 6) is 1.45. The van der Waals surface area contributed by atoms with Crippen molar-refractivity contribution in [3.8, 4) is 5.75 Å². The van der Waals surface area contributed by atoms with Crippen LogP contribution in [-0.4, -0.2) is 17.6 Å². The number of ether oxygens (including phenoxy) is 1. The van der Waals surface area contributed by atoms with Crippen LogP contribution in [0.4, 0.5) is 0 Å². The monoisotopic (exact) mass is 228 g/mol. The highest BCUT2D eigenvalue weighted by Gasteiger charge is 2.02. The van der Waals surface area contributed by atoms with E-state index in [0.717, 1.165) is 29.7 Å². The fraction of sp³-hybridized carbons (Fsp3) is 0.500. The number of benzene rings is 1. The van der Waals surface area contributed by atoms with Crippen molar-refractivity contribution in [1.82, 2.24) is 0 Å². The predicted octanol–water partition coefficient (Wildman–Crippen LogP) is 2.89. The molecule has 1 N–H and O–H groups in total. The van der Waals surface area contributed by atoms with E-state index in [4.69, 9.17) is 21.4 Å². The largest absolute Gasteiger partial charge is 0.493 e. The van der Waals surface area contributed by atoms with Gasteiger partial charge >= 0.3 is 0 Å². The first-order valence-electron chi connectivity index (χ1n) is 5.17. The Kier molecular flexibility index (Phi) is 5.51. The number of hydrogen-bond donors (Lipinski definition) is 1. The molecule has 1 rings (SSSR count). The molecule has 0 aromatic heterocycles. The molecule has 0 radical (unpaired) electrons. The number of aryl methyl sites for hydroxylation is 1. The smallest absolute Gasteiger partial charge is 0.125 e. The van der Waals surface area contributed by atoms with E-state index in [1.807, 2.05) is 25.1 Å². The summed E-state index contributed by atoms with van der Waals surface area (Å²) in [6.45, 7) is 2.68. The molecule has 0 aliphatic heterocycles. The zero-order valence-corrected chi connectivity index (χ0v) is 9.76. The molecule has 15 heavy (non-hydrogen) atoms. The minimum atomic E-state index is 0.0190. The van der Waals surface area contributed by atoms with Crippen molar-refractivity contribution in [3.63, 3.8) is 0 Å². The second-order valence-electron chi connectivity index (χ2n) is 3.51. The second kappa shape index (κ2) is 6.70. The molecule has 3 heteroatoms. The van der Waals surface area contributed by atoms with E-state index in [9.17, 15) is 0 Å². The Bertz CT molecular complexity index is 300. The van der Waals surface area contributed by atoms with Gasteiger partial charge in [0.1, 0.15) is 5.75 Å². The highest BCUT2D eigenvalue weighted by atomic mass is 35.5. The molecule has 0 amide bonds. The topological polar surface area (TPSA) is 29.5 Å². The van der Waals surface area contributed by atoms with Crippen molar-refractivity contribution in [2.24, 2.45) is 0 Å². The molecular formula is C12H17ClO2. The molecule has 0 spiro atoms. The van der Waals surface area contributed by atoms with E-state index >= 15 is 0 Å². The average Bonchev–Trinajstić information content (AvgIpc) is 2.25. The van der Waals surface area contributed by atoms with Crippen molar-refractivity contribution in [3.05, 3.63) is 29.3 Å². The zero-order valence-electron chi connectivity index (χ0n) is 9.00. The number of alkyl halides is 1. The molecule has 0 heterocycles. The first-order chi connectivity index (χ1) is 7.27. The summed E-state index contributed by atoms with van der Waals surface area (Å²) in [5.41, 5.74) is 1.98. The third-order valence-electron chi connectivity index (χ3n) is 2.18. The number of aliphatic hydroxyl groups is 1. The Morgan fingerprint density at radius 3 is 2.80 bits per heavy atom. The summed E-state index contributed by atoms with van der Waals surface area (Å²) in [7, 11) is 0. The van der Waals surface area contributed by atoms with Crippen LogP contribution >= 0.6 is 11.6 Å². The lowest BCUT2D eigenvalue weighted by Crippen LogP contribution is -2.01. The maximum absolute atomic E-state index is 9.11. The third kappa shape index (κ3) is 4.10. The van der Waals surface area contributed by atoms with Gasteiger partial charge in [0.25, 0.3) is 0 Å². The van der Waals surface area contributed by atoms with Crippen LogP contribution in [0.2, 0.25) is 0 Å². The van der Waals surface area contributed by atoms with Crippen LogP contribution in [0.25, 0.3) is 0 Å². The molecule has 0 bridgehead atoms. The highest BCUT2D eigenvalue weighted by Crippen LogP contribution is 2.20. The van der Waals surface area contributed by atoms with E-state index in [1.165, 1.54) is 0 Å².